The maximum atomic E-state index is 5.01. The number of hydrogen-bond acceptors (Lipinski definition) is 5. The Labute approximate surface area is 74.3 Å². The molecule has 2 heterocycles. The summed E-state index contributed by atoms with van der Waals surface area (Å²) >= 11 is 0. The first-order valence-corrected chi connectivity index (χ1v) is 3.91. The fourth-order valence-electron chi connectivity index (χ4n) is 1.17. The van der Waals surface area contributed by atoms with E-state index >= 15 is 0 Å². The van der Waals surface area contributed by atoms with Gasteiger partial charge in [0.1, 0.15) is 5.76 Å². The van der Waals surface area contributed by atoms with E-state index in [0.717, 1.165) is 17.0 Å². The molecule has 2 aromatic heterocycles. The van der Waals surface area contributed by atoms with Gasteiger partial charge in [-0.1, -0.05) is 10.4 Å². The van der Waals surface area contributed by atoms with Crippen LogP contribution in [0.4, 0.5) is 0 Å². The molecule has 0 atom stereocenters. The van der Waals surface area contributed by atoms with Crippen LogP contribution in [-0.2, 0) is 6.42 Å². The zero-order valence-electron chi connectivity index (χ0n) is 7.40. The van der Waals surface area contributed by atoms with Gasteiger partial charge in [-0.05, 0) is 13.8 Å². The van der Waals surface area contributed by atoms with Crippen LogP contribution >= 0.6 is 0 Å². The molecule has 0 unspecified atom stereocenters. The number of rotatable bonds is 2. The van der Waals surface area contributed by atoms with Gasteiger partial charge in [-0.15, -0.1) is 10.2 Å². The van der Waals surface area contributed by atoms with Gasteiger partial charge in [0.15, 0.2) is 5.82 Å². The van der Waals surface area contributed by atoms with Gasteiger partial charge in [-0.25, -0.2) is 0 Å². The Balaban J connectivity index is 2.27. The minimum atomic E-state index is 0.609. The smallest absolute Gasteiger partial charge is 0.179 e. The third kappa shape index (κ3) is 1.42. The van der Waals surface area contributed by atoms with Crippen molar-refractivity contribution in [1.29, 1.82) is 0 Å². The number of H-pyrrole nitrogens is 1. The molecule has 0 aliphatic heterocycles. The molecule has 0 aliphatic rings. The van der Waals surface area contributed by atoms with E-state index in [0.29, 0.717) is 12.2 Å². The average molecular weight is 179 g/mol. The second-order valence-corrected chi connectivity index (χ2v) is 2.81. The Morgan fingerprint density at radius 3 is 2.77 bits per heavy atom. The first-order valence-electron chi connectivity index (χ1n) is 3.91. The van der Waals surface area contributed by atoms with Crippen molar-refractivity contribution >= 4 is 0 Å². The molecule has 68 valence electrons. The van der Waals surface area contributed by atoms with Crippen molar-refractivity contribution in [3.8, 4) is 0 Å². The molecule has 0 fully saturated rings. The molecule has 0 bridgehead atoms. The fourth-order valence-corrected chi connectivity index (χ4v) is 1.17. The lowest BCUT2D eigenvalue weighted by Crippen LogP contribution is -1.93. The van der Waals surface area contributed by atoms with E-state index in [1.807, 2.05) is 13.8 Å². The van der Waals surface area contributed by atoms with Crippen LogP contribution in [0.2, 0.25) is 0 Å². The van der Waals surface area contributed by atoms with E-state index in [9.17, 15) is 0 Å². The maximum absolute atomic E-state index is 5.01. The number of hydrogen-bond donors (Lipinski definition) is 1. The molecule has 0 amide bonds. The number of tetrazole rings is 1. The molecule has 0 aromatic carbocycles. The van der Waals surface area contributed by atoms with Crippen molar-refractivity contribution < 1.29 is 4.52 Å². The Bertz CT molecular complexity index is 371. The summed E-state index contributed by atoms with van der Waals surface area (Å²) in [5.74, 6) is 1.46. The molecular formula is C7H9N5O. The van der Waals surface area contributed by atoms with E-state index in [-0.39, 0.29) is 0 Å². The van der Waals surface area contributed by atoms with Crippen molar-refractivity contribution in [2.75, 3.05) is 0 Å². The van der Waals surface area contributed by atoms with Crippen LogP contribution in [0, 0.1) is 13.8 Å². The normalized spacial score (nSPS) is 10.6. The van der Waals surface area contributed by atoms with Crippen molar-refractivity contribution in [3.05, 3.63) is 22.8 Å². The first-order chi connectivity index (χ1) is 6.27. The lowest BCUT2D eigenvalue weighted by molar-refractivity contribution is 0.392. The summed E-state index contributed by atoms with van der Waals surface area (Å²) in [6.07, 6.45) is 0.609. The highest BCUT2D eigenvalue weighted by Gasteiger charge is 2.11. The predicted molar refractivity (Wildman–Crippen MR) is 43.0 cm³/mol. The van der Waals surface area contributed by atoms with Gasteiger partial charge in [-0.3, -0.25) is 0 Å². The third-order valence-corrected chi connectivity index (χ3v) is 1.91. The van der Waals surface area contributed by atoms with Gasteiger partial charge in [0.05, 0.1) is 5.69 Å². The van der Waals surface area contributed by atoms with Crippen LogP contribution in [0.1, 0.15) is 22.8 Å². The number of aromatic nitrogens is 5. The van der Waals surface area contributed by atoms with E-state index in [1.165, 1.54) is 0 Å². The molecule has 13 heavy (non-hydrogen) atoms. The quantitative estimate of drug-likeness (QED) is 0.721. The monoisotopic (exact) mass is 179 g/mol. The van der Waals surface area contributed by atoms with Crippen LogP contribution < -0.4 is 0 Å². The molecule has 0 aliphatic carbocycles. The molecule has 0 spiro atoms. The molecule has 0 saturated heterocycles. The molecule has 6 heteroatoms. The second kappa shape index (κ2) is 2.96. The standard InChI is InChI=1S/C7H9N5O/c1-4-6(5(2)13-10-4)3-7-8-11-12-9-7/h3H2,1-2H3,(H,8,9,11,12). The zero-order chi connectivity index (χ0) is 9.26. The van der Waals surface area contributed by atoms with Gasteiger partial charge in [0.25, 0.3) is 0 Å². The van der Waals surface area contributed by atoms with Gasteiger partial charge in [0.2, 0.25) is 0 Å². The van der Waals surface area contributed by atoms with Crippen LogP contribution in [0.25, 0.3) is 0 Å². The van der Waals surface area contributed by atoms with E-state index < -0.39 is 0 Å². The van der Waals surface area contributed by atoms with Crippen molar-refractivity contribution in [2.24, 2.45) is 0 Å². The highest BCUT2D eigenvalue weighted by atomic mass is 16.5. The largest absolute Gasteiger partial charge is 0.361 e. The second-order valence-electron chi connectivity index (χ2n) is 2.81. The lowest BCUT2D eigenvalue weighted by Gasteiger charge is -1.92. The van der Waals surface area contributed by atoms with E-state index in [2.05, 4.69) is 25.8 Å². The number of nitrogens with zero attached hydrogens (tertiary/aromatic N) is 4. The molecule has 1 N–H and O–H groups in total. The molecular weight excluding hydrogens is 170 g/mol. The first kappa shape index (κ1) is 7.90. The Morgan fingerprint density at radius 1 is 1.38 bits per heavy atom. The predicted octanol–water partition coefficient (Wildman–Crippen LogP) is 0.395. The van der Waals surface area contributed by atoms with Crippen molar-refractivity contribution in [3.63, 3.8) is 0 Å². The highest BCUT2D eigenvalue weighted by Crippen LogP contribution is 2.14. The van der Waals surface area contributed by atoms with Crippen LogP contribution in [-0.4, -0.2) is 25.8 Å². The molecule has 2 rings (SSSR count). The van der Waals surface area contributed by atoms with E-state index in [1.54, 1.807) is 0 Å². The maximum Gasteiger partial charge on any atom is 0.179 e. The van der Waals surface area contributed by atoms with Crippen LogP contribution in [0.5, 0.6) is 0 Å². The van der Waals surface area contributed by atoms with Crippen LogP contribution in [0.3, 0.4) is 0 Å². The molecule has 2 aromatic rings. The van der Waals surface area contributed by atoms with Gasteiger partial charge in [-0.2, -0.15) is 5.21 Å². The third-order valence-electron chi connectivity index (χ3n) is 1.91. The van der Waals surface area contributed by atoms with Gasteiger partial charge < -0.3 is 4.52 Å². The minimum Gasteiger partial charge on any atom is -0.361 e. The van der Waals surface area contributed by atoms with Gasteiger partial charge >= 0.3 is 0 Å². The Hall–Kier alpha value is -1.72. The topological polar surface area (TPSA) is 80.5 Å². The van der Waals surface area contributed by atoms with Crippen LogP contribution in [0.15, 0.2) is 4.52 Å². The van der Waals surface area contributed by atoms with Gasteiger partial charge in [0, 0.05) is 12.0 Å². The minimum absolute atomic E-state index is 0.609. The molecule has 6 nitrogen and oxygen atoms in total. The van der Waals surface area contributed by atoms with Crippen molar-refractivity contribution in [1.82, 2.24) is 25.8 Å². The summed E-state index contributed by atoms with van der Waals surface area (Å²) in [6.45, 7) is 3.77. The summed E-state index contributed by atoms with van der Waals surface area (Å²) < 4.78 is 5.01. The van der Waals surface area contributed by atoms with Crippen molar-refractivity contribution in [2.45, 2.75) is 20.3 Å². The zero-order valence-corrected chi connectivity index (χ0v) is 7.40. The Kier molecular flexibility index (Phi) is 1.80. The summed E-state index contributed by atoms with van der Waals surface area (Å²) in [5.41, 5.74) is 1.91. The lowest BCUT2D eigenvalue weighted by atomic mass is 10.1. The number of aromatic amines is 1. The highest BCUT2D eigenvalue weighted by molar-refractivity contribution is 5.23. The Morgan fingerprint density at radius 2 is 2.23 bits per heavy atom. The number of nitrogens with one attached hydrogen (secondary N) is 1. The average Bonchev–Trinajstić information content (AvgIpc) is 2.70. The summed E-state index contributed by atoms with van der Waals surface area (Å²) in [4.78, 5) is 0. The molecule has 0 radical (unpaired) electrons. The number of aryl methyl sites for hydroxylation is 2. The summed E-state index contributed by atoms with van der Waals surface area (Å²) in [7, 11) is 0. The summed E-state index contributed by atoms with van der Waals surface area (Å²) in [5, 5.41) is 17.4. The van der Waals surface area contributed by atoms with E-state index in [4.69, 9.17) is 4.52 Å². The molecule has 0 saturated carbocycles. The SMILES string of the molecule is Cc1noc(C)c1Cc1nn[nH]n1. The summed E-state index contributed by atoms with van der Waals surface area (Å²) in [6, 6.07) is 0. The fraction of sp³-hybridized carbons (Fsp3) is 0.429.